The van der Waals surface area contributed by atoms with Gasteiger partial charge in [-0.25, -0.2) is 14.8 Å². The molecule has 1 heterocycles. The lowest BCUT2D eigenvalue weighted by Crippen LogP contribution is -2.49. The van der Waals surface area contributed by atoms with Gasteiger partial charge in [0.25, 0.3) is 0 Å². The second-order valence-electron chi connectivity index (χ2n) is 6.56. The first-order chi connectivity index (χ1) is 10.4. The summed E-state index contributed by atoms with van der Waals surface area (Å²) in [5, 5.41) is 0.105. The standard InChI is InChI=1S/C15H23ClN4O3/c1-14(2,3)23-13(22)20(7)15(4,8-21)10-11(16)17-9-18-12(10)19(5)6/h8-9H,1-7H3. The van der Waals surface area contributed by atoms with E-state index in [-0.39, 0.29) is 5.15 Å². The van der Waals surface area contributed by atoms with E-state index in [2.05, 4.69) is 9.97 Å². The van der Waals surface area contributed by atoms with Crippen molar-refractivity contribution in [1.82, 2.24) is 14.9 Å². The number of aldehydes is 1. The van der Waals surface area contributed by atoms with Crippen LogP contribution in [0.1, 0.15) is 33.3 Å². The molecule has 7 nitrogen and oxygen atoms in total. The minimum absolute atomic E-state index is 0.105. The van der Waals surface area contributed by atoms with Crippen LogP contribution >= 0.6 is 11.6 Å². The van der Waals surface area contributed by atoms with Gasteiger partial charge in [0.1, 0.15) is 34.7 Å². The maximum atomic E-state index is 12.4. The van der Waals surface area contributed by atoms with Gasteiger partial charge in [0.2, 0.25) is 0 Å². The molecule has 0 saturated heterocycles. The molecular weight excluding hydrogens is 320 g/mol. The smallest absolute Gasteiger partial charge is 0.411 e. The Morgan fingerprint density at radius 3 is 2.22 bits per heavy atom. The summed E-state index contributed by atoms with van der Waals surface area (Å²) >= 11 is 6.20. The highest BCUT2D eigenvalue weighted by molar-refractivity contribution is 6.30. The number of likely N-dealkylation sites (N-methyl/N-ethyl adjacent to an activating group) is 1. The van der Waals surface area contributed by atoms with Crippen LogP contribution < -0.4 is 4.90 Å². The monoisotopic (exact) mass is 342 g/mol. The largest absolute Gasteiger partial charge is 0.444 e. The van der Waals surface area contributed by atoms with Crippen LogP contribution in [0.2, 0.25) is 5.15 Å². The average molecular weight is 343 g/mol. The molecule has 128 valence electrons. The molecule has 0 spiro atoms. The molecule has 8 heteroatoms. The van der Waals surface area contributed by atoms with Gasteiger partial charge in [0.05, 0.1) is 5.56 Å². The average Bonchev–Trinajstić information content (AvgIpc) is 2.43. The molecular formula is C15H23ClN4O3. The van der Waals surface area contributed by atoms with Gasteiger partial charge in [0, 0.05) is 21.1 Å². The number of halogens is 1. The minimum Gasteiger partial charge on any atom is -0.444 e. The molecule has 0 radical (unpaired) electrons. The second kappa shape index (κ2) is 6.70. The van der Waals surface area contributed by atoms with Gasteiger partial charge in [-0.05, 0) is 27.7 Å². The third kappa shape index (κ3) is 4.10. The number of hydrogen-bond acceptors (Lipinski definition) is 6. The fraction of sp³-hybridized carbons (Fsp3) is 0.600. The third-order valence-corrected chi connectivity index (χ3v) is 3.59. The topological polar surface area (TPSA) is 75.6 Å². The summed E-state index contributed by atoms with van der Waals surface area (Å²) in [5.74, 6) is 0.454. The van der Waals surface area contributed by atoms with Crippen molar-refractivity contribution >= 4 is 29.8 Å². The number of rotatable bonds is 4. The lowest BCUT2D eigenvalue weighted by molar-refractivity contribution is -0.117. The summed E-state index contributed by atoms with van der Waals surface area (Å²) in [7, 11) is 5.01. The van der Waals surface area contributed by atoms with E-state index in [1.165, 1.54) is 18.3 Å². The van der Waals surface area contributed by atoms with Crippen molar-refractivity contribution in [3.8, 4) is 0 Å². The van der Waals surface area contributed by atoms with Crippen molar-refractivity contribution in [2.75, 3.05) is 26.0 Å². The lowest BCUT2D eigenvalue weighted by Gasteiger charge is -2.37. The van der Waals surface area contributed by atoms with Crippen molar-refractivity contribution in [3.63, 3.8) is 0 Å². The molecule has 0 saturated carbocycles. The number of nitrogens with zero attached hydrogens (tertiary/aromatic N) is 4. The molecule has 0 aliphatic rings. The highest BCUT2D eigenvalue weighted by atomic mass is 35.5. The van der Waals surface area contributed by atoms with Crippen LogP contribution in [-0.4, -0.2) is 54.0 Å². The second-order valence-corrected chi connectivity index (χ2v) is 6.92. The Morgan fingerprint density at radius 1 is 1.22 bits per heavy atom. The molecule has 1 unspecified atom stereocenters. The van der Waals surface area contributed by atoms with Crippen LogP contribution in [0.5, 0.6) is 0 Å². The van der Waals surface area contributed by atoms with Gasteiger partial charge in [-0.3, -0.25) is 4.90 Å². The zero-order valence-corrected chi connectivity index (χ0v) is 15.3. The fourth-order valence-corrected chi connectivity index (χ4v) is 2.28. The Hall–Kier alpha value is -1.89. The predicted octanol–water partition coefficient (Wildman–Crippen LogP) is 2.48. The first-order valence-corrected chi connectivity index (χ1v) is 7.43. The molecule has 23 heavy (non-hydrogen) atoms. The maximum absolute atomic E-state index is 12.4. The van der Waals surface area contributed by atoms with Gasteiger partial charge < -0.3 is 14.4 Å². The third-order valence-electron chi connectivity index (χ3n) is 3.30. The van der Waals surface area contributed by atoms with Crippen molar-refractivity contribution in [2.24, 2.45) is 0 Å². The Bertz CT molecular complexity index is 601. The number of ether oxygens (including phenoxy) is 1. The van der Waals surface area contributed by atoms with Crippen LogP contribution in [0.25, 0.3) is 0 Å². The molecule has 1 amide bonds. The number of carbonyl (C=O) groups excluding carboxylic acids is 2. The van der Waals surface area contributed by atoms with Gasteiger partial charge in [-0.1, -0.05) is 11.6 Å². The summed E-state index contributed by atoms with van der Waals surface area (Å²) in [5.41, 5.74) is -1.72. The first-order valence-electron chi connectivity index (χ1n) is 7.05. The summed E-state index contributed by atoms with van der Waals surface area (Å²) in [6.45, 7) is 6.82. The number of aromatic nitrogens is 2. The minimum atomic E-state index is -1.37. The summed E-state index contributed by atoms with van der Waals surface area (Å²) < 4.78 is 5.34. The normalized spacial score (nSPS) is 13.9. The van der Waals surface area contributed by atoms with E-state index in [4.69, 9.17) is 16.3 Å². The van der Waals surface area contributed by atoms with E-state index >= 15 is 0 Å². The Balaban J connectivity index is 3.41. The fourth-order valence-electron chi connectivity index (χ4n) is 1.96. The van der Waals surface area contributed by atoms with Crippen molar-refractivity contribution in [3.05, 3.63) is 17.0 Å². The van der Waals surface area contributed by atoms with Gasteiger partial charge in [0.15, 0.2) is 0 Å². The molecule has 0 bridgehead atoms. The summed E-state index contributed by atoms with van der Waals surface area (Å²) in [6, 6.07) is 0. The van der Waals surface area contributed by atoms with Crippen molar-refractivity contribution in [1.29, 1.82) is 0 Å². The molecule has 0 fully saturated rings. The van der Waals surface area contributed by atoms with Crippen molar-refractivity contribution < 1.29 is 14.3 Å². The van der Waals surface area contributed by atoms with E-state index in [0.717, 1.165) is 0 Å². The maximum Gasteiger partial charge on any atom is 0.411 e. The number of anilines is 1. The predicted molar refractivity (Wildman–Crippen MR) is 88.8 cm³/mol. The summed E-state index contributed by atoms with van der Waals surface area (Å²) in [6.07, 6.45) is 1.30. The number of hydrogen-bond donors (Lipinski definition) is 0. The quantitative estimate of drug-likeness (QED) is 0.618. The molecule has 0 aliphatic carbocycles. The molecule has 1 rings (SSSR count). The van der Waals surface area contributed by atoms with E-state index in [1.54, 1.807) is 46.7 Å². The van der Waals surface area contributed by atoms with Crippen LogP contribution in [-0.2, 0) is 15.1 Å². The zero-order valence-electron chi connectivity index (χ0n) is 14.5. The Morgan fingerprint density at radius 2 is 1.78 bits per heavy atom. The number of amides is 1. The molecule has 1 aromatic rings. The zero-order chi connectivity index (χ0) is 18.0. The SMILES string of the molecule is CN(C)c1ncnc(Cl)c1C(C)(C=O)N(C)C(=O)OC(C)(C)C. The van der Waals surface area contributed by atoms with E-state index in [9.17, 15) is 9.59 Å². The molecule has 0 aromatic carbocycles. The van der Waals surface area contributed by atoms with Crippen LogP contribution in [0.3, 0.4) is 0 Å². The van der Waals surface area contributed by atoms with Gasteiger partial charge in [-0.2, -0.15) is 0 Å². The summed E-state index contributed by atoms with van der Waals surface area (Å²) in [4.78, 5) is 35.3. The molecule has 0 N–H and O–H groups in total. The van der Waals surface area contributed by atoms with Crippen LogP contribution in [0.4, 0.5) is 10.6 Å². The highest BCUT2D eigenvalue weighted by Crippen LogP contribution is 2.36. The van der Waals surface area contributed by atoms with Crippen LogP contribution in [0.15, 0.2) is 6.33 Å². The van der Waals surface area contributed by atoms with Gasteiger partial charge in [-0.15, -0.1) is 0 Å². The molecule has 0 aliphatic heterocycles. The Labute approximate surface area is 141 Å². The van der Waals surface area contributed by atoms with E-state index in [1.807, 2.05) is 0 Å². The van der Waals surface area contributed by atoms with Crippen molar-refractivity contribution in [2.45, 2.75) is 38.8 Å². The van der Waals surface area contributed by atoms with Gasteiger partial charge >= 0.3 is 6.09 Å². The lowest BCUT2D eigenvalue weighted by atomic mass is 9.93. The Kier molecular flexibility index (Phi) is 5.58. The van der Waals surface area contributed by atoms with E-state index < -0.39 is 17.2 Å². The number of carbonyl (C=O) groups is 2. The van der Waals surface area contributed by atoms with E-state index in [0.29, 0.717) is 17.7 Å². The molecule has 1 atom stereocenters. The molecule has 1 aromatic heterocycles. The first kappa shape index (κ1) is 19.2. The van der Waals surface area contributed by atoms with Crippen LogP contribution in [0, 0.1) is 0 Å². The highest BCUT2D eigenvalue weighted by Gasteiger charge is 2.41.